The minimum absolute atomic E-state index is 0.606. The predicted molar refractivity (Wildman–Crippen MR) is 96.4 cm³/mol. The van der Waals surface area contributed by atoms with Gasteiger partial charge in [0, 0.05) is 32.2 Å². The molecular formula is C21H26N2. The predicted octanol–water partition coefficient (Wildman–Crippen LogP) is 4.10. The third kappa shape index (κ3) is 3.19. The number of nitrogens with zero attached hydrogens (tertiary/aromatic N) is 1. The maximum absolute atomic E-state index is 3.49. The van der Waals surface area contributed by atoms with E-state index in [0.717, 1.165) is 19.0 Å². The van der Waals surface area contributed by atoms with Crippen LogP contribution in [0.3, 0.4) is 0 Å². The van der Waals surface area contributed by atoms with Crippen molar-refractivity contribution in [1.82, 2.24) is 10.2 Å². The summed E-state index contributed by atoms with van der Waals surface area (Å²) in [5.41, 5.74) is 4.18. The van der Waals surface area contributed by atoms with E-state index >= 15 is 0 Å². The standard InChI is InChI=1S/C21H26N2/c1-2-6-17(7-3-1)19-10-5-11-20(16-19)21(18-8-4-9-18)23-14-12-22-13-15-23/h1-3,5-7,10-11,16,18,21-22H,4,8-9,12-15H2/t21-/m0/s1. The average Bonchev–Trinajstić information content (AvgIpc) is 2.59. The molecule has 0 amide bonds. The molecule has 1 saturated heterocycles. The van der Waals surface area contributed by atoms with Gasteiger partial charge in [0.05, 0.1) is 0 Å². The van der Waals surface area contributed by atoms with E-state index in [4.69, 9.17) is 0 Å². The fraction of sp³-hybridized carbons (Fsp3) is 0.429. The monoisotopic (exact) mass is 306 g/mol. The second-order valence-corrected chi connectivity index (χ2v) is 6.91. The molecule has 2 heteroatoms. The zero-order valence-electron chi connectivity index (χ0n) is 13.7. The van der Waals surface area contributed by atoms with Gasteiger partial charge >= 0.3 is 0 Å². The Balaban J connectivity index is 1.65. The first kappa shape index (κ1) is 14.9. The number of hydrogen-bond donors (Lipinski definition) is 1. The van der Waals surface area contributed by atoms with Crippen LogP contribution in [0.4, 0.5) is 0 Å². The van der Waals surface area contributed by atoms with Gasteiger partial charge in [0.25, 0.3) is 0 Å². The van der Waals surface area contributed by atoms with Crippen LogP contribution in [-0.2, 0) is 0 Å². The molecule has 1 atom stereocenters. The maximum atomic E-state index is 3.49. The highest BCUT2D eigenvalue weighted by atomic mass is 15.2. The SMILES string of the molecule is c1ccc(-c2cccc([C@H](C3CCC3)N3CCNCC3)c2)cc1. The third-order valence-corrected chi connectivity index (χ3v) is 5.48. The van der Waals surface area contributed by atoms with Crippen molar-refractivity contribution < 1.29 is 0 Å². The number of piperazine rings is 1. The van der Waals surface area contributed by atoms with Gasteiger partial charge in [-0.05, 0) is 41.5 Å². The van der Waals surface area contributed by atoms with E-state index in [1.54, 1.807) is 0 Å². The smallest absolute Gasteiger partial charge is 0.0377 e. The van der Waals surface area contributed by atoms with Gasteiger partial charge in [0.1, 0.15) is 0 Å². The first-order valence-electron chi connectivity index (χ1n) is 9.02. The maximum Gasteiger partial charge on any atom is 0.0377 e. The van der Waals surface area contributed by atoms with E-state index in [-0.39, 0.29) is 0 Å². The second-order valence-electron chi connectivity index (χ2n) is 6.91. The van der Waals surface area contributed by atoms with Crippen LogP contribution in [0, 0.1) is 5.92 Å². The van der Waals surface area contributed by atoms with E-state index < -0.39 is 0 Å². The molecule has 1 heterocycles. The molecule has 0 aromatic heterocycles. The van der Waals surface area contributed by atoms with Crippen LogP contribution in [0.2, 0.25) is 0 Å². The lowest BCUT2D eigenvalue weighted by Crippen LogP contribution is -2.47. The number of hydrogen-bond acceptors (Lipinski definition) is 2. The van der Waals surface area contributed by atoms with Gasteiger partial charge in [0.2, 0.25) is 0 Å². The van der Waals surface area contributed by atoms with Crippen LogP contribution >= 0.6 is 0 Å². The van der Waals surface area contributed by atoms with Crippen molar-refractivity contribution in [3.63, 3.8) is 0 Å². The molecule has 2 aliphatic rings. The lowest BCUT2D eigenvalue weighted by molar-refractivity contribution is 0.0837. The van der Waals surface area contributed by atoms with E-state index in [9.17, 15) is 0 Å². The summed E-state index contributed by atoms with van der Waals surface area (Å²) in [5, 5.41) is 3.49. The Bertz CT molecular complexity index is 627. The fourth-order valence-electron chi connectivity index (χ4n) is 4.03. The molecule has 1 aliphatic carbocycles. The Morgan fingerprint density at radius 2 is 1.61 bits per heavy atom. The summed E-state index contributed by atoms with van der Waals surface area (Å²) >= 11 is 0. The molecular weight excluding hydrogens is 280 g/mol. The van der Waals surface area contributed by atoms with Gasteiger partial charge in [-0.3, -0.25) is 4.90 Å². The van der Waals surface area contributed by atoms with Crippen LogP contribution in [0.15, 0.2) is 54.6 Å². The summed E-state index contributed by atoms with van der Waals surface area (Å²) < 4.78 is 0. The highest BCUT2D eigenvalue weighted by Gasteiger charge is 2.33. The van der Waals surface area contributed by atoms with Gasteiger partial charge in [0.15, 0.2) is 0 Å². The van der Waals surface area contributed by atoms with Crippen molar-refractivity contribution in [1.29, 1.82) is 0 Å². The van der Waals surface area contributed by atoms with Crippen LogP contribution < -0.4 is 5.32 Å². The number of benzene rings is 2. The average molecular weight is 306 g/mol. The summed E-state index contributed by atoms with van der Waals surface area (Å²) in [5.74, 6) is 0.846. The summed E-state index contributed by atoms with van der Waals surface area (Å²) in [6, 6.07) is 20.6. The van der Waals surface area contributed by atoms with E-state index in [0.29, 0.717) is 6.04 Å². The molecule has 1 aliphatic heterocycles. The van der Waals surface area contributed by atoms with Crippen LogP contribution in [0.5, 0.6) is 0 Å². The minimum atomic E-state index is 0.606. The number of rotatable bonds is 4. The Hall–Kier alpha value is -1.64. The molecule has 2 nitrogen and oxygen atoms in total. The summed E-state index contributed by atoms with van der Waals surface area (Å²) in [7, 11) is 0. The summed E-state index contributed by atoms with van der Waals surface area (Å²) in [6.45, 7) is 4.61. The molecule has 0 bridgehead atoms. The van der Waals surface area contributed by atoms with Gasteiger partial charge in [-0.1, -0.05) is 55.0 Å². The van der Waals surface area contributed by atoms with Crippen molar-refractivity contribution in [3.8, 4) is 11.1 Å². The largest absolute Gasteiger partial charge is 0.314 e. The Morgan fingerprint density at radius 3 is 2.30 bits per heavy atom. The topological polar surface area (TPSA) is 15.3 Å². The Labute approximate surface area is 139 Å². The Morgan fingerprint density at radius 1 is 0.870 bits per heavy atom. The van der Waals surface area contributed by atoms with E-state index in [1.807, 2.05) is 0 Å². The molecule has 120 valence electrons. The van der Waals surface area contributed by atoms with E-state index in [1.165, 1.54) is 49.0 Å². The molecule has 0 spiro atoms. The molecule has 2 aromatic carbocycles. The molecule has 1 saturated carbocycles. The molecule has 23 heavy (non-hydrogen) atoms. The lowest BCUT2D eigenvalue weighted by atomic mass is 9.76. The van der Waals surface area contributed by atoms with Crippen molar-refractivity contribution in [2.24, 2.45) is 5.92 Å². The van der Waals surface area contributed by atoms with Gasteiger partial charge in [-0.15, -0.1) is 0 Å². The van der Waals surface area contributed by atoms with Gasteiger partial charge < -0.3 is 5.32 Å². The quantitative estimate of drug-likeness (QED) is 0.915. The van der Waals surface area contributed by atoms with Crippen molar-refractivity contribution in [2.75, 3.05) is 26.2 Å². The first-order chi connectivity index (χ1) is 11.4. The van der Waals surface area contributed by atoms with Crippen LogP contribution in [0.1, 0.15) is 30.9 Å². The van der Waals surface area contributed by atoms with E-state index in [2.05, 4.69) is 64.8 Å². The molecule has 0 unspecified atom stereocenters. The minimum Gasteiger partial charge on any atom is -0.314 e. The molecule has 4 rings (SSSR count). The van der Waals surface area contributed by atoms with Crippen molar-refractivity contribution in [3.05, 3.63) is 60.2 Å². The van der Waals surface area contributed by atoms with Gasteiger partial charge in [-0.25, -0.2) is 0 Å². The Kier molecular flexibility index (Phi) is 4.45. The van der Waals surface area contributed by atoms with Crippen molar-refractivity contribution in [2.45, 2.75) is 25.3 Å². The second kappa shape index (κ2) is 6.86. The fourth-order valence-corrected chi connectivity index (χ4v) is 4.03. The lowest BCUT2D eigenvalue weighted by Gasteiger charge is -2.43. The zero-order chi connectivity index (χ0) is 15.5. The highest BCUT2D eigenvalue weighted by Crippen LogP contribution is 2.42. The van der Waals surface area contributed by atoms with Gasteiger partial charge in [-0.2, -0.15) is 0 Å². The highest BCUT2D eigenvalue weighted by molar-refractivity contribution is 5.64. The zero-order valence-corrected chi connectivity index (χ0v) is 13.7. The summed E-state index contributed by atoms with van der Waals surface area (Å²) in [6.07, 6.45) is 4.19. The number of nitrogens with one attached hydrogen (secondary N) is 1. The molecule has 0 radical (unpaired) electrons. The molecule has 2 fully saturated rings. The molecule has 1 N–H and O–H groups in total. The molecule has 2 aromatic rings. The third-order valence-electron chi connectivity index (χ3n) is 5.48. The van der Waals surface area contributed by atoms with Crippen LogP contribution in [0.25, 0.3) is 11.1 Å². The van der Waals surface area contributed by atoms with Crippen molar-refractivity contribution >= 4 is 0 Å². The summed E-state index contributed by atoms with van der Waals surface area (Å²) in [4.78, 5) is 2.71. The normalized spacial score (nSPS) is 20.9. The first-order valence-corrected chi connectivity index (χ1v) is 9.02. The van der Waals surface area contributed by atoms with Crippen LogP contribution in [-0.4, -0.2) is 31.1 Å².